The Balaban J connectivity index is 2.12. The molecule has 0 atom stereocenters. The van der Waals surface area contributed by atoms with E-state index in [9.17, 15) is 13.6 Å². The van der Waals surface area contributed by atoms with E-state index in [2.05, 4.69) is 32.4 Å². The monoisotopic (exact) mass is 334 g/mol. The van der Waals surface area contributed by atoms with Crippen LogP contribution in [0.2, 0.25) is 0 Å². The first kappa shape index (κ1) is 17.4. The summed E-state index contributed by atoms with van der Waals surface area (Å²) in [6, 6.07) is 5.15. The lowest BCUT2D eigenvalue weighted by Gasteiger charge is -2.11. The molecule has 2 heterocycles. The summed E-state index contributed by atoms with van der Waals surface area (Å²) >= 11 is 0. The van der Waals surface area contributed by atoms with Crippen molar-refractivity contribution in [3.63, 3.8) is 0 Å². The van der Waals surface area contributed by atoms with Crippen LogP contribution in [0.4, 0.5) is 8.78 Å². The van der Waals surface area contributed by atoms with E-state index in [1.54, 1.807) is 12.3 Å². The molecule has 0 bridgehead atoms. The number of hydrogen-bond acceptors (Lipinski definition) is 5. The summed E-state index contributed by atoms with van der Waals surface area (Å²) in [5.41, 5.74) is 3.10. The Kier molecular flexibility index (Phi) is 5.12. The van der Waals surface area contributed by atoms with E-state index in [1.807, 2.05) is 13.0 Å². The summed E-state index contributed by atoms with van der Waals surface area (Å²) in [6.45, 7) is 5.72. The molecular formula is C15H16F2N6O. The van der Waals surface area contributed by atoms with Crippen LogP contribution in [-0.2, 0) is 6.54 Å². The zero-order valence-corrected chi connectivity index (χ0v) is 13.2. The van der Waals surface area contributed by atoms with E-state index in [0.717, 1.165) is 5.56 Å². The number of rotatable bonds is 7. The summed E-state index contributed by atoms with van der Waals surface area (Å²) in [5.74, 6) is -2.57. The number of nitrogens with zero attached hydrogens (tertiary/aromatic N) is 5. The lowest BCUT2D eigenvalue weighted by atomic mass is 10.3. The molecule has 2 aromatic heterocycles. The first-order valence-corrected chi connectivity index (χ1v) is 6.98. The normalized spacial score (nSPS) is 11.7. The fraction of sp³-hybridized carbons (Fsp3) is 0.267. The number of carbonyl (C=O) groups is 1. The summed E-state index contributed by atoms with van der Waals surface area (Å²) in [4.78, 5) is 15.4. The molecule has 0 amide bonds. The molecule has 0 unspecified atom stereocenters. The maximum atomic E-state index is 12.9. The maximum Gasteiger partial charge on any atom is 0.285 e. The van der Waals surface area contributed by atoms with Crippen molar-refractivity contribution in [2.75, 3.05) is 0 Å². The van der Waals surface area contributed by atoms with Crippen LogP contribution in [0.5, 0.6) is 0 Å². The van der Waals surface area contributed by atoms with Gasteiger partial charge in [0.2, 0.25) is 0 Å². The summed E-state index contributed by atoms with van der Waals surface area (Å²) in [5, 5.41) is 11.4. The molecule has 0 saturated heterocycles. The molecule has 0 fully saturated rings. The van der Waals surface area contributed by atoms with Crippen molar-refractivity contribution in [2.24, 2.45) is 10.3 Å². The van der Waals surface area contributed by atoms with Gasteiger partial charge in [-0.3, -0.25) is 10.2 Å². The molecule has 0 aromatic carbocycles. The molecule has 2 rings (SSSR count). The van der Waals surface area contributed by atoms with Gasteiger partial charge in [-0.2, -0.15) is 19.0 Å². The minimum atomic E-state index is -3.10. The third kappa shape index (κ3) is 4.06. The third-order valence-corrected chi connectivity index (χ3v) is 3.11. The lowest BCUT2D eigenvalue weighted by Crippen LogP contribution is -2.22. The number of alkyl halides is 2. The third-order valence-electron chi connectivity index (χ3n) is 3.11. The fourth-order valence-electron chi connectivity index (χ4n) is 1.78. The molecule has 0 aliphatic carbocycles. The number of nitrogens with one attached hydrogen (secondary N) is 1. The number of aromatic nitrogens is 3. The lowest BCUT2D eigenvalue weighted by molar-refractivity contribution is 0.0560. The fourth-order valence-corrected chi connectivity index (χ4v) is 1.78. The molecule has 0 aliphatic rings. The number of hydrogen-bond donors (Lipinski definition) is 1. The predicted octanol–water partition coefficient (Wildman–Crippen LogP) is 3.01. The molecule has 0 aliphatic heterocycles. The van der Waals surface area contributed by atoms with Gasteiger partial charge in [-0.15, -0.1) is 0 Å². The first-order valence-electron chi connectivity index (χ1n) is 6.98. The minimum absolute atomic E-state index is 0.00921. The molecule has 0 spiro atoms. The first-order chi connectivity index (χ1) is 11.3. The second-order valence-corrected chi connectivity index (χ2v) is 5.11. The second-order valence-electron chi connectivity index (χ2n) is 5.11. The van der Waals surface area contributed by atoms with Crippen LogP contribution in [0.1, 0.15) is 28.7 Å². The van der Waals surface area contributed by atoms with Gasteiger partial charge in [0.25, 0.3) is 5.92 Å². The Morgan fingerprint density at radius 2 is 2.29 bits per heavy atom. The van der Waals surface area contributed by atoms with Crippen molar-refractivity contribution in [1.29, 1.82) is 0 Å². The zero-order valence-electron chi connectivity index (χ0n) is 13.2. The largest absolute Gasteiger partial charge is 0.296 e. The Labute approximate surface area is 137 Å². The van der Waals surface area contributed by atoms with Crippen LogP contribution in [0.3, 0.4) is 0 Å². The quantitative estimate of drug-likeness (QED) is 0.479. The Morgan fingerprint density at radius 3 is 2.92 bits per heavy atom. The van der Waals surface area contributed by atoms with Crippen molar-refractivity contribution < 1.29 is 13.6 Å². The number of aldehydes is 1. The van der Waals surface area contributed by atoms with Gasteiger partial charge >= 0.3 is 0 Å². The van der Waals surface area contributed by atoms with E-state index in [4.69, 9.17) is 0 Å². The number of carbonyl (C=O) groups excluding carboxylic acids is 1. The van der Waals surface area contributed by atoms with E-state index < -0.39 is 11.6 Å². The van der Waals surface area contributed by atoms with Crippen LogP contribution < -0.4 is 5.43 Å². The smallest absolute Gasteiger partial charge is 0.285 e. The van der Waals surface area contributed by atoms with Crippen molar-refractivity contribution in [2.45, 2.75) is 26.3 Å². The molecule has 0 saturated carbocycles. The van der Waals surface area contributed by atoms with Gasteiger partial charge < -0.3 is 0 Å². The van der Waals surface area contributed by atoms with Crippen molar-refractivity contribution in [1.82, 2.24) is 20.2 Å². The van der Waals surface area contributed by atoms with E-state index >= 15 is 0 Å². The van der Waals surface area contributed by atoms with E-state index in [-0.39, 0.29) is 6.54 Å². The van der Waals surface area contributed by atoms with Gasteiger partial charge in [0.1, 0.15) is 12.2 Å². The molecule has 1 N–H and O–H groups in total. The maximum absolute atomic E-state index is 12.9. The van der Waals surface area contributed by atoms with Gasteiger partial charge in [0.15, 0.2) is 12.1 Å². The van der Waals surface area contributed by atoms with Crippen molar-refractivity contribution in [3.05, 3.63) is 53.6 Å². The molecular weight excluding hydrogens is 318 g/mol. The summed E-state index contributed by atoms with van der Waals surface area (Å²) < 4.78 is 27.1. The topological polar surface area (TPSA) is 84.5 Å². The van der Waals surface area contributed by atoms with E-state index in [1.165, 1.54) is 10.7 Å². The van der Waals surface area contributed by atoms with Crippen LogP contribution >= 0.6 is 0 Å². The van der Waals surface area contributed by atoms with Crippen LogP contribution in [0, 0.1) is 6.92 Å². The van der Waals surface area contributed by atoms with Gasteiger partial charge in [-0.1, -0.05) is 17.9 Å². The van der Waals surface area contributed by atoms with Crippen molar-refractivity contribution in [3.8, 4) is 5.82 Å². The molecule has 9 heteroatoms. The summed E-state index contributed by atoms with van der Waals surface area (Å²) in [6.07, 6.45) is 2.25. The van der Waals surface area contributed by atoms with Gasteiger partial charge in [-0.05, 0) is 24.6 Å². The standard InChI is InChI=1S/C15H16F2N6O/c1-10-5-4-6-18-14(10)23-13(9-24)7-12(21-23)8-19-22-20-11(2)15(3,16)17/h4-7,9H,2,8H2,1,3H3,(H,19,20). The van der Waals surface area contributed by atoms with Crippen LogP contribution in [-0.4, -0.2) is 27.0 Å². The average Bonchev–Trinajstić information content (AvgIpc) is 2.94. The Morgan fingerprint density at radius 1 is 1.54 bits per heavy atom. The molecule has 2 aromatic rings. The van der Waals surface area contributed by atoms with Crippen LogP contribution in [0.15, 0.2) is 47.0 Å². The molecule has 0 radical (unpaired) electrons. The summed E-state index contributed by atoms with van der Waals surface area (Å²) in [7, 11) is 0. The number of aryl methyl sites for hydroxylation is 1. The van der Waals surface area contributed by atoms with Gasteiger partial charge in [0.05, 0.1) is 11.4 Å². The Hall–Kier alpha value is -2.97. The minimum Gasteiger partial charge on any atom is -0.296 e. The predicted molar refractivity (Wildman–Crippen MR) is 82.9 cm³/mol. The number of allylic oxidation sites excluding steroid dienone is 1. The SMILES string of the molecule is C=C(NN=NCc1cc(C=O)n(-c2ncccc2C)n1)C(C)(F)F. The number of halogens is 2. The molecule has 7 nitrogen and oxygen atoms in total. The van der Waals surface area contributed by atoms with Gasteiger partial charge in [0, 0.05) is 13.1 Å². The highest BCUT2D eigenvalue weighted by molar-refractivity contribution is 5.73. The Bertz CT molecular complexity index is 779. The van der Waals surface area contributed by atoms with E-state index in [0.29, 0.717) is 30.4 Å². The average molecular weight is 334 g/mol. The number of pyridine rings is 1. The van der Waals surface area contributed by atoms with Gasteiger partial charge in [-0.25, -0.2) is 9.67 Å². The van der Waals surface area contributed by atoms with Crippen LogP contribution in [0.25, 0.3) is 5.82 Å². The molecule has 24 heavy (non-hydrogen) atoms. The highest BCUT2D eigenvalue weighted by Gasteiger charge is 2.25. The second kappa shape index (κ2) is 7.07. The molecule has 126 valence electrons. The van der Waals surface area contributed by atoms with Crippen molar-refractivity contribution >= 4 is 6.29 Å². The highest BCUT2D eigenvalue weighted by Crippen LogP contribution is 2.19. The highest BCUT2D eigenvalue weighted by atomic mass is 19.3. The zero-order chi connectivity index (χ0) is 17.7.